The molecule has 0 saturated heterocycles. The number of hydrogen-bond acceptors (Lipinski definition) is 15. The van der Waals surface area contributed by atoms with Gasteiger partial charge >= 0.3 is 39.5 Å². The van der Waals surface area contributed by atoms with Gasteiger partial charge in [-0.2, -0.15) is 0 Å². The maximum Gasteiger partial charge on any atom is 0.472 e. The Kier molecular flexibility index (Phi) is 69.3. The zero-order chi connectivity index (χ0) is 71.8. The largest absolute Gasteiger partial charge is 0.472 e. The Morgan fingerprint density at radius 3 is 0.857 bits per heavy atom. The topological polar surface area (TPSA) is 237 Å². The maximum atomic E-state index is 13.1. The van der Waals surface area contributed by atoms with Crippen molar-refractivity contribution in [2.24, 2.45) is 0 Å². The summed E-state index contributed by atoms with van der Waals surface area (Å²) in [6, 6.07) is 0. The number of unbranched alkanes of at least 4 members (excludes halogenated alkanes) is 36. The lowest BCUT2D eigenvalue weighted by Gasteiger charge is -2.21. The molecule has 0 rings (SSSR count). The van der Waals surface area contributed by atoms with Gasteiger partial charge in [-0.3, -0.25) is 37.3 Å². The Morgan fingerprint density at radius 1 is 0.296 bits per heavy atom. The Bertz CT molecular complexity index is 2140. The SMILES string of the molecule is CC/C=C\C/C=C\C/C=C\C/C=C\CCCCC(=O)OCC(COP(=O)(O)OCC(O)COP(=O)(O)OCC(COC(=O)CCCCCCC/C=C\CCCCCCCC)OC(=O)CCCCCCC/C=C\CCCCCC)OC(=O)CCCCCCCCCCCCCCCCC. The van der Waals surface area contributed by atoms with E-state index in [1.54, 1.807) is 0 Å². The predicted molar refractivity (Wildman–Crippen MR) is 400 cm³/mol. The molecule has 0 aromatic rings. The quantitative estimate of drug-likeness (QED) is 0.0169. The average Bonchev–Trinajstić information content (AvgIpc) is 1.04. The van der Waals surface area contributed by atoms with Crippen molar-refractivity contribution < 1.29 is 80.2 Å². The second-order valence-electron chi connectivity index (χ2n) is 26.3. The minimum Gasteiger partial charge on any atom is -0.462 e. The van der Waals surface area contributed by atoms with Gasteiger partial charge in [0.05, 0.1) is 26.4 Å². The summed E-state index contributed by atoms with van der Waals surface area (Å²) in [5, 5.41) is 10.6. The molecule has 0 heterocycles. The van der Waals surface area contributed by atoms with Crippen LogP contribution in [0.4, 0.5) is 0 Å². The fourth-order valence-electron chi connectivity index (χ4n) is 10.7. The molecule has 570 valence electrons. The minimum absolute atomic E-state index is 0.0857. The Labute approximate surface area is 596 Å². The van der Waals surface area contributed by atoms with Gasteiger partial charge in [-0.25, -0.2) is 9.13 Å². The minimum atomic E-state index is -4.98. The Balaban J connectivity index is 5.36. The van der Waals surface area contributed by atoms with Crippen LogP contribution in [0.15, 0.2) is 72.9 Å². The van der Waals surface area contributed by atoms with Crippen LogP contribution in [0.2, 0.25) is 0 Å². The van der Waals surface area contributed by atoms with Crippen LogP contribution in [0.5, 0.6) is 0 Å². The molecule has 19 heteroatoms. The highest BCUT2D eigenvalue weighted by atomic mass is 31.2. The number of esters is 4. The predicted octanol–water partition coefficient (Wildman–Crippen LogP) is 22.4. The first kappa shape index (κ1) is 94.5. The Hall–Kier alpha value is -3.50. The van der Waals surface area contributed by atoms with Crippen LogP contribution < -0.4 is 0 Å². The number of phosphoric acid groups is 2. The van der Waals surface area contributed by atoms with Crippen molar-refractivity contribution in [1.29, 1.82) is 0 Å². The molecule has 17 nitrogen and oxygen atoms in total. The standard InChI is InChI=1S/C79H142O17P2/c1-5-9-13-17-21-25-29-33-36-40-43-47-51-55-59-63-76(81)89-69-74(95-78(83)65-61-57-53-49-45-39-32-28-24-20-16-12-8-4)71-93-97(85,86)91-67-73(80)68-92-98(87,88)94-72-75(96-79(84)66-62-58-54-50-46-42-38-35-31-27-23-19-15-11-7-3)70-90-77(82)64-60-56-52-48-44-41-37-34-30-26-22-18-14-10-6-2/h10,14,22,26,28,32-34,36-37,44,48,73-75,80H,5-9,11-13,15-21,23-25,27,29-31,35,38-43,45-47,49-72H2,1-4H3,(H,85,86)(H,87,88)/b14-10-,26-22-,32-28-,36-33-,37-34-,48-44-. The average molecular weight is 1430 g/mol. The Morgan fingerprint density at radius 2 is 0.531 bits per heavy atom. The number of allylic oxidation sites excluding steroid dienone is 12. The number of carbonyl (C=O) groups is 4. The van der Waals surface area contributed by atoms with Crippen molar-refractivity contribution in [3.8, 4) is 0 Å². The molecule has 0 saturated carbocycles. The molecule has 0 bridgehead atoms. The summed E-state index contributed by atoms with van der Waals surface area (Å²) in [6.45, 7) is 4.73. The zero-order valence-corrected chi connectivity index (χ0v) is 64.0. The zero-order valence-electron chi connectivity index (χ0n) is 62.2. The van der Waals surface area contributed by atoms with Crippen LogP contribution in [0, 0.1) is 0 Å². The first-order valence-corrected chi connectivity index (χ1v) is 42.2. The van der Waals surface area contributed by atoms with Crippen molar-refractivity contribution in [1.82, 2.24) is 0 Å². The highest BCUT2D eigenvalue weighted by Crippen LogP contribution is 2.45. The van der Waals surface area contributed by atoms with Crippen molar-refractivity contribution >= 4 is 39.5 Å². The molecule has 3 N–H and O–H groups in total. The fourth-order valence-corrected chi connectivity index (χ4v) is 12.3. The number of aliphatic hydroxyl groups excluding tert-OH is 1. The van der Waals surface area contributed by atoms with Gasteiger partial charge in [-0.05, 0) is 116 Å². The number of aliphatic hydroxyl groups is 1. The normalized spacial score (nSPS) is 14.3. The summed E-state index contributed by atoms with van der Waals surface area (Å²) in [6.07, 6.45) is 71.7. The molecule has 5 atom stereocenters. The molecule has 5 unspecified atom stereocenters. The van der Waals surface area contributed by atoms with Gasteiger partial charge in [-0.15, -0.1) is 0 Å². The van der Waals surface area contributed by atoms with Gasteiger partial charge in [0.25, 0.3) is 0 Å². The maximum absolute atomic E-state index is 13.1. The molecular formula is C79H142O17P2. The molecule has 0 aliphatic heterocycles. The van der Waals surface area contributed by atoms with E-state index in [1.165, 1.54) is 128 Å². The lowest BCUT2D eigenvalue weighted by atomic mass is 10.0. The third-order valence-electron chi connectivity index (χ3n) is 16.7. The molecule has 0 amide bonds. The van der Waals surface area contributed by atoms with E-state index in [4.69, 9.17) is 37.0 Å². The molecule has 0 aliphatic rings. The van der Waals surface area contributed by atoms with Gasteiger partial charge in [0, 0.05) is 25.7 Å². The van der Waals surface area contributed by atoms with Crippen LogP contribution >= 0.6 is 15.6 Å². The molecule has 0 spiro atoms. The summed E-state index contributed by atoms with van der Waals surface area (Å²) in [5.74, 6) is -2.21. The number of hydrogen-bond donors (Lipinski definition) is 3. The van der Waals surface area contributed by atoms with E-state index in [1.807, 2.05) is 0 Å². The summed E-state index contributed by atoms with van der Waals surface area (Å²) in [7, 11) is -9.95. The summed E-state index contributed by atoms with van der Waals surface area (Å²) in [4.78, 5) is 72.9. The van der Waals surface area contributed by atoms with Crippen molar-refractivity contribution in [3.05, 3.63) is 72.9 Å². The highest BCUT2D eigenvalue weighted by molar-refractivity contribution is 7.47. The van der Waals surface area contributed by atoms with Gasteiger partial charge in [-0.1, -0.05) is 280 Å². The van der Waals surface area contributed by atoms with Gasteiger partial charge < -0.3 is 33.8 Å². The van der Waals surface area contributed by atoms with Gasteiger partial charge in [0.15, 0.2) is 12.2 Å². The fraction of sp³-hybridized carbons (Fsp3) is 0.797. The summed E-state index contributed by atoms with van der Waals surface area (Å²) >= 11 is 0. The van der Waals surface area contributed by atoms with E-state index in [9.17, 15) is 43.2 Å². The van der Waals surface area contributed by atoms with Crippen molar-refractivity contribution in [3.63, 3.8) is 0 Å². The summed E-state index contributed by atoms with van der Waals surface area (Å²) in [5.41, 5.74) is 0. The number of phosphoric ester groups is 2. The molecule has 0 fully saturated rings. The number of ether oxygens (including phenoxy) is 4. The van der Waals surface area contributed by atoms with E-state index in [-0.39, 0.29) is 25.7 Å². The van der Waals surface area contributed by atoms with Crippen molar-refractivity contribution in [2.45, 2.75) is 367 Å². The van der Waals surface area contributed by atoms with Gasteiger partial charge in [0.1, 0.15) is 19.3 Å². The first-order valence-electron chi connectivity index (χ1n) is 39.2. The molecular weight excluding hydrogens is 1280 g/mol. The third kappa shape index (κ3) is 70.9. The van der Waals surface area contributed by atoms with E-state index >= 15 is 0 Å². The molecule has 0 aromatic carbocycles. The smallest absolute Gasteiger partial charge is 0.462 e. The first-order chi connectivity index (χ1) is 47.7. The lowest BCUT2D eigenvalue weighted by Crippen LogP contribution is -2.30. The van der Waals surface area contributed by atoms with Crippen LogP contribution in [-0.2, 0) is 65.4 Å². The number of rotatable bonds is 74. The van der Waals surface area contributed by atoms with E-state index in [0.717, 1.165) is 141 Å². The van der Waals surface area contributed by atoms with E-state index in [2.05, 4.69) is 101 Å². The molecule has 0 aliphatic carbocycles. The van der Waals surface area contributed by atoms with Crippen LogP contribution in [0.25, 0.3) is 0 Å². The lowest BCUT2D eigenvalue weighted by molar-refractivity contribution is -0.161. The molecule has 0 aromatic heterocycles. The molecule has 98 heavy (non-hydrogen) atoms. The van der Waals surface area contributed by atoms with E-state index in [0.29, 0.717) is 25.7 Å². The van der Waals surface area contributed by atoms with Crippen molar-refractivity contribution in [2.75, 3.05) is 39.6 Å². The summed E-state index contributed by atoms with van der Waals surface area (Å²) < 4.78 is 68.5. The van der Waals surface area contributed by atoms with Gasteiger partial charge in [0.2, 0.25) is 0 Å². The third-order valence-corrected chi connectivity index (χ3v) is 18.6. The monoisotopic (exact) mass is 1420 g/mol. The number of carbonyl (C=O) groups excluding carboxylic acids is 4. The van der Waals surface area contributed by atoms with Crippen LogP contribution in [-0.4, -0.2) is 96.7 Å². The van der Waals surface area contributed by atoms with Crippen LogP contribution in [0.3, 0.4) is 0 Å². The van der Waals surface area contributed by atoms with E-state index < -0.39 is 97.5 Å². The molecule has 0 radical (unpaired) electrons. The highest BCUT2D eigenvalue weighted by Gasteiger charge is 2.30. The second kappa shape index (κ2) is 71.9. The second-order valence-corrected chi connectivity index (χ2v) is 29.2. The van der Waals surface area contributed by atoms with Crippen LogP contribution in [0.1, 0.15) is 349 Å².